The van der Waals surface area contributed by atoms with Crippen molar-refractivity contribution in [2.24, 2.45) is 0 Å². The average molecular weight is 703 g/mol. The lowest BCUT2D eigenvalue weighted by molar-refractivity contribution is -0.386. The van der Waals surface area contributed by atoms with Gasteiger partial charge in [0.15, 0.2) is 12.6 Å². The molecule has 2 aliphatic rings. The molecule has 0 bridgehead atoms. The van der Waals surface area contributed by atoms with Crippen molar-refractivity contribution in [3.63, 3.8) is 0 Å². The minimum absolute atomic E-state index is 0.0828. The maximum atomic E-state index is 10.9. The fraction of sp³-hybridized carbons (Fsp3) is 0.400. The maximum absolute atomic E-state index is 10.9. The van der Waals surface area contributed by atoms with Gasteiger partial charge in [0.2, 0.25) is 0 Å². The molecule has 0 radical (unpaired) electrons. The Kier molecular flexibility index (Phi) is 13.7. The first-order chi connectivity index (χ1) is 25.0. The summed E-state index contributed by atoms with van der Waals surface area (Å²) in [7, 11) is 0. The van der Waals surface area contributed by atoms with Crippen LogP contribution in [0.2, 0.25) is 0 Å². The number of rotatable bonds is 16. The molecule has 272 valence electrons. The maximum Gasteiger partial charge on any atom is 0.190 e. The summed E-state index contributed by atoms with van der Waals surface area (Å²) in [6, 6.07) is 38.8. The fourth-order valence-corrected chi connectivity index (χ4v) is 6.17. The second kappa shape index (κ2) is 18.8. The van der Waals surface area contributed by atoms with Gasteiger partial charge in [0.25, 0.3) is 0 Å². The van der Waals surface area contributed by atoms with Gasteiger partial charge in [-0.2, -0.15) is 0 Å². The van der Waals surface area contributed by atoms with E-state index in [1.807, 2.05) is 121 Å². The van der Waals surface area contributed by atoms with Crippen LogP contribution >= 0.6 is 0 Å². The average Bonchev–Trinajstić information content (AvgIpc) is 3.18. The molecule has 4 N–H and O–H groups in total. The highest BCUT2D eigenvalue weighted by Gasteiger charge is 2.52. The van der Waals surface area contributed by atoms with E-state index in [4.69, 9.17) is 33.2 Å². The summed E-state index contributed by atoms with van der Waals surface area (Å²) < 4.78 is 44.8. The zero-order valence-electron chi connectivity index (χ0n) is 28.2. The van der Waals surface area contributed by atoms with Gasteiger partial charge in [0.1, 0.15) is 48.8 Å². The zero-order chi connectivity index (χ0) is 35.4. The molecule has 11 nitrogen and oxygen atoms in total. The van der Waals surface area contributed by atoms with E-state index in [0.29, 0.717) is 6.61 Å². The van der Waals surface area contributed by atoms with Crippen LogP contribution in [0.15, 0.2) is 121 Å². The Morgan fingerprint density at radius 1 is 0.451 bits per heavy atom. The Hall–Kier alpha value is -3.56. The van der Waals surface area contributed by atoms with E-state index in [1.165, 1.54) is 0 Å². The lowest BCUT2D eigenvalue weighted by Crippen LogP contribution is -2.65. The lowest BCUT2D eigenvalue weighted by Gasteiger charge is -2.48. The topological polar surface area (TPSA) is 146 Å². The first-order valence-electron chi connectivity index (χ1n) is 17.2. The van der Waals surface area contributed by atoms with Crippen molar-refractivity contribution in [3.05, 3.63) is 144 Å². The summed E-state index contributed by atoms with van der Waals surface area (Å²) >= 11 is 0. The van der Waals surface area contributed by atoms with Crippen molar-refractivity contribution in [1.82, 2.24) is 0 Å². The smallest absolute Gasteiger partial charge is 0.190 e. The first kappa shape index (κ1) is 37.2. The van der Waals surface area contributed by atoms with Crippen molar-refractivity contribution in [2.45, 2.75) is 87.8 Å². The summed E-state index contributed by atoms with van der Waals surface area (Å²) in [6.45, 7) is 0.409. The molecule has 2 heterocycles. The van der Waals surface area contributed by atoms with E-state index in [-0.39, 0.29) is 26.4 Å². The highest BCUT2D eigenvalue weighted by molar-refractivity contribution is 5.16. The number of aliphatic hydroxyl groups excluding tert-OH is 4. The van der Waals surface area contributed by atoms with Crippen LogP contribution in [-0.4, -0.2) is 95.1 Å². The predicted molar refractivity (Wildman–Crippen MR) is 185 cm³/mol. The number of aliphatic hydroxyl groups is 4. The number of ether oxygens (including phenoxy) is 7. The molecule has 10 atom stereocenters. The quantitative estimate of drug-likeness (QED) is 0.136. The van der Waals surface area contributed by atoms with Gasteiger partial charge in [-0.1, -0.05) is 121 Å². The van der Waals surface area contributed by atoms with E-state index in [0.717, 1.165) is 22.3 Å². The minimum Gasteiger partial charge on any atom is -0.394 e. The van der Waals surface area contributed by atoms with Crippen LogP contribution in [0, 0.1) is 0 Å². The molecule has 0 saturated carbocycles. The van der Waals surface area contributed by atoms with E-state index < -0.39 is 68.0 Å². The van der Waals surface area contributed by atoms with E-state index in [1.54, 1.807) is 0 Å². The zero-order valence-corrected chi connectivity index (χ0v) is 28.2. The van der Waals surface area contributed by atoms with E-state index in [2.05, 4.69) is 0 Å². The molecule has 0 spiro atoms. The van der Waals surface area contributed by atoms with Gasteiger partial charge in [-0.3, -0.25) is 0 Å². The van der Waals surface area contributed by atoms with E-state index in [9.17, 15) is 20.4 Å². The van der Waals surface area contributed by atoms with Gasteiger partial charge in [0.05, 0.1) is 39.6 Å². The predicted octanol–water partition coefficient (Wildman–Crippen LogP) is 3.50. The third-order valence-corrected chi connectivity index (χ3v) is 8.96. The van der Waals surface area contributed by atoms with Crippen LogP contribution in [0.4, 0.5) is 0 Å². The summed E-state index contributed by atoms with van der Waals surface area (Å²) in [5.41, 5.74) is 3.74. The van der Waals surface area contributed by atoms with Gasteiger partial charge in [0, 0.05) is 0 Å². The standard InChI is InChI=1S/C40H46O11/c41-21-31-33(42)34(43)35(44)39(49-31)51-40-38(48-25-30-19-11-4-12-20-30)37(47-24-29-17-9-3-10-18-29)36(46-23-28-15-7-2-8-16-28)32(50-40)26-45-22-27-13-5-1-6-14-27/h1-20,31-44H,21-26H2/t31-,32-,33-,34+,35-,36-,37+,38-,39?,40+/m1/s1. The molecule has 0 amide bonds. The molecule has 4 aromatic rings. The van der Waals surface area contributed by atoms with Crippen LogP contribution in [-0.2, 0) is 59.6 Å². The molecule has 1 unspecified atom stereocenters. The number of hydrogen-bond donors (Lipinski definition) is 4. The van der Waals surface area contributed by atoms with Crippen LogP contribution in [0.25, 0.3) is 0 Å². The van der Waals surface area contributed by atoms with Gasteiger partial charge < -0.3 is 53.6 Å². The Morgan fingerprint density at radius 3 is 1.37 bits per heavy atom. The fourth-order valence-electron chi connectivity index (χ4n) is 6.17. The Balaban J connectivity index is 1.33. The molecule has 4 aromatic carbocycles. The second-order valence-corrected chi connectivity index (χ2v) is 12.7. The summed E-state index contributed by atoms with van der Waals surface area (Å²) in [6.07, 6.45) is -12.0. The second-order valence-electron chi connectivity index (χ2n) is 12.7. The van der Waals surface area contributed by atoms with Crippen LogP contribution in [0.3, 0.4) is 0 Å². The molecule has 11 heteroatoms. The third kappa shape index (κ3) is 10.1. The Labute approximate surface area is 297 Å². The monoisotopic (exact) mass is 702 g/mol. The van der Waals surface area contributed by atoms with Gasteiger partial charge in [-0.25, -0.2) is 0 Å². The Bertz CT molecular complexity index is 1550. The number of benzene rings is 4. The highest BCUT2D eigenvalue weighted by Crippen LogP contribution is 2.34. The van der Waals surface area contributed by atoms with Crippen LogP contribution in [0.5, 0.6) is 0 Å². The van der Waals surface area contributed by atoms with Crippen molar-refractivity contribution in [1.29, 1.82) is 0 Å². The molecule has 6 rings (SSSR count). The summed E-state index contributed by atoms with van der Waals surface area (Å²) in [5.74, 6) is 0. The molecular formula is C40H46O11. The van der Waals surface area contributed by atoms with Gasteiger partial charge in [-0.15, -0.1) is 0 Å². The largest absolute Gasteiger partial charge is 0.394 e. The SMILES string of the molecule is OC[C@H]1OC(O[C@@H]2O[C@H](COCc3ccccc3)[C@@H](OCc3ccccc3)[C@H](OCc3ccccc3)[C@H]2OCc2ccccc2)[C@H](O)[C@@H](O)[C@@H]1O. The molecule has 2 aliphatic heterocycles. The third-order valence-electron chi connectivity index (χ3n) is 8.96. The molecule has 51 heavy (non-hydrogen) atoms. The molecule has 2 saturated heterocycles. The summed E-state index contributed by atoms with van der Waals surface area (Å²) in [4.78, 5) is 0. The molecule has 2 fully saturated rings. The molecule has 0 aliphatic carbocycles. The highest BCUT2D eigenvalue weighted by atomic mass is 16.8. The lowest BCUT2D eigenvalue weighted by atomic mass is 9.97. The van der Waals surface area contributed by atoms with Gasteiger partial charge >= 0.3 is 0 Å². The van der Waals surface area contributed by atoms with E-state index >= 15 is 0 Å². The van der Waals surface area contributed by atoms with Crippen molar-refractivity contribution in [3.8, 4) is 0 Å². The number of hydrogen-bond acceptors (Lipinski definition) is 11. The molecular weight excluding hydrogens is 656 g/mol. The van der Waals surface area contributed by atoms with Crippen molar-refractivity contribution < 1.29 is 53.6 Å². The van der Waals surface area contributed by atoms with Crippen molar-refractivity contribution in [2.75, 3.05) is 13.2 Å². The van der Waals surface area contributed by atoms with Crippen LogP contribution in [0.1, 0.15) is 22.3 Å². The normalized spacial score (nSPS) is 29.5. The first-order valence-corrected chi connectivity index (χ1v) is 17.2. The summed E-state index contributed by atoms with van der Waals surface area (Å²) in [5, 5.41) is 41.8. The molecule has 0 aromatic heterocycles. The van der Waals surface area contributed by atoms with Crippen molar-refractivity contribution >= 4 is 0 Å². The van der Waals surface area contributed by atoms with Gasteiger partial charge in [-0.05, 0) is 22.3 Å². The Morgan fingerprint density at radius 2 is 0.882 bits per heavy atom. The van der Waals surface area contributed by atoms with Crippen LogP contribution < -0.4 is 0 Å². The minimum atomic E-state index is -1.66.